The second kappa shape index (κ2) is 6.98. The summed E-state index contributed by atoms with van der Waals surface area (Å²) in [4.78, 5) is 22.6. The predicted molar refractivity (Wildman–Crippen MR) is 99.7 cm³/mol. The van der Waals surface area contributed by atoms with E-state index < -0.39 is 0 Å². The van der Waals surface area contributed by atoms with Crippen LogP contribution in [-0.4, -0.2) is 50.8 Å². The summed E-state index contributed by atoms with van der Waals surface area (Å²) in [6.45, 7) is 5.71. The molecule has 1 unspecified atom stereocenters. The first-order valence-corrected chi connectivity index (χ1v) is 9.54. The van der Waals surface area contributed by atoms with E-state index in [2.05, 4.69) is 41.1 Å². The minimum atomic E-state index is 0.178. The molecule has 1 fully saturated rings. The van der Waals surface area contributed by atoms with Crippen LogP contribution in [0.2, 0.25) is 0 Å². The van der Waals surface area contributed by atoms with Crippen LogP contribution < -0.4 is 0 Å². The predicted octanol–water partition coefficient (Wildman–Crippen LogP) is 2.67. The summed E-state index contributed by atoms with van der Waals surface area (Å²) >= 11 is 1.59. The van der Waals surface area contributed by atoms with Gasteiger partial charge in [-0.25, -0.2) is 4.98 Å². The molecule has 1 aliphatic heterocycles. The Bertz CT molecular complexity index is 828. The first-order chi connectivity index (χ1) is 12.2. The van der Waals surface area contributed by atoms with Crippen molar-refractivity contribution in [3.63, 3.8) is 0 Å². The van der Waals surface area contributed by atoms with Gasteiger partial charge in [0.2, 0.25) is 5.91 Å². The van der Waals surface area contributed by atoms with Crippen molar-refractivity contribution in [2.24, 2.45) is 0 Å². The number of benzene rings is 1. The van der Waals surface area contributed by atoms with E-state index in [1.54, 1.807) is 11.3 Å². The number of aromatic nitrogens is 2. The van der Waals surface area contributed by atoms with Crippen LogP contribution in [0.15, 0.2) is 48.1 Å². The lowest BCUT2D eigenvalue weighted by atomic mass is 10.1. The molecule has 2 aromatic heterocycles. The third-order valence-electron chi connectivity index (χ3n) is 4.76. The molecule has 6 heteroatoms. The van der Waals surface area contributed by atoms with E-state index in [4.69, 9.17) is 0 Å². The quantitative estimate of drug-likeness (QED) is 0.723. The van der Waals surface area contributed by atoms with Crippen molar-refractivity contribution < 1.29 is 4.79 Å². The number of hydrogen-bond acceptors (Lipinski definition) is 4. The number of fused-ring (bicyclic) bond motifs is 1. The van der Waals surface area contributed by atoms with Crippen LogP contribution >= 0.6 is 11.3 Å². The molecule has 0 radical (unpaired) electrons. The van der Waals surface area contributed by atoms with Gasteiger partial charge in [-0.05, 0) is 12.5 Å². The van der Waals surface area contributed by atoms with Gasteiger partial charge in [0, 0.05) is 50.0 Å². The van der Waals surface area contributed by atoms with Crippen molar-refractivity contribution in [1.29, 1.82) is 0 Å². The molecule has 1 saturated heterocycles. The fraction of sp³-hybridized carbons (Fsp3) is 0.368. The van der Waals surface area contributed by atoms with Crippen molar-refractivity contribution in [3.8, 4) is 0 Å². The van der Waals surface area contributed by atoms with E-state index in [9.17, 15) is 4.79 Å². The van der Waals surface area contributed by atoms with Gasteiger partial charge in [0.25, 0.3) is 0 Å². The fourth-order valence-electron chi connectivity index (χ4n) is 3.51. The Kier molecular flexibility index (Phi) is 4.55. The van der Waals surface area contributed by atoms with Crippen molar-refractivity contribution in [2.75, 3.05) is 19.6 Å². The second-order valence-corrected chi connectivity index (χ2v) is 7.53. The summed E-state index contributed by atoms with van der Waals surface area (Å²) < 4.78 is 1.98. The highest BCUT2D eigenvalue weighted by Gasteiger charge is 2.27. The molecule has 130 valence electrons. The summed E-state index contributed by atoms with van der Waals surface area (Å²) in [7, 11) is 0. The van der Waals surface area contributed by atoms with E-state index in [-0.39, 0.29) is 11.9 Å². The average molecular weight is 354 g/mol. The number of hydrogen-bond donors (Lipinski definition) is 0. The molecule has 1 atom stereocenters. The van der Waals surface area contributed by atoms with Crippen LogP contribution in [-0.2, 0) is 17.8 Å². The van der Waals surface area contributed by atoms with Gasteiger partial charge in [-0.3, -0.25) is 14.1 Å². The van der Waals surface area contributed by atoms with Gasteiger partial charge in [0.15, 0.2) is 4.96 Å². The summed E-state index contributed by atoms with van der Waals surface area (Å²) in [5.74, 6) is 0.178. The van der Waals surface area contributed by atoms with E-state index in [1.165, 1.54) is 5.56 Å². The van der Waals surface area contributed by atoms with E-state index >= 15 is 0 Å². The lowest BCUT2D eigenvalue weighted by molar-refractivity contribution is -0.135. The van der Waals surface area contributed by atoms with Crippen molar-refractivity contribution in [3.05, 3.63) is 59.4 Å². The SMILES string of the molecule is CC1CN(Cc2ccccc2)CCN1C(=O)Cc1cn2ccsc2n1. The maximum atomic E-state index is 12.7. The molecule has 4 rings (SSSR count). The van der Waals surface area contributed by atoms with Gasteiger partial charge >= 0.3 is 0 Å². The zero-order valence-corrected chi connectivity index (χ0v) is 15.2. The molecule has 3 aromatic rings. The zero-order valence-electron chi connectivity index (χ0n) is 14.3. The molecule has 0 bridgehead atoms. The number of thiazole rings is 1. The largest absolute Gasteiger partial charge is 0.337 e. The van der Waals surface area contributed by atoms with Crippen molar-refractivity contribution in [2.45, 2.75) is 25.9 Å². The zero-order chi connectivity index (χ0) is 17.2. The molecule has 5 nitrogen and oxygen atoms in total. The molecular weight excluding hydrogens is 332 g/mol. The molecule has 3 heterocycles. The smallest absolute Gasteiger partial charge is 0.228 e. The first kappa shape index (κ1) is 16.3. The number of imidazole rings is 1. The maximum absolute atomic E-state index is 12.7. The highest BCUT2D eigenvalue weighted by atomic mass is 32.1. The Morgan fingerprint density at radius 1 is 1.28 bits per heavy atom. The van der Waals surface area contributed by atoms with Crippen LogP contribution in [0.3, 0.4) is 0 Å². The topological polar surface area (TPSA) is 40.9 Å². The minimum Gasteiger partial charge on any atom is -0.337 e. The van der Waals surface area contributed by atoms with Crippen molar-refractivity contribution >= 4 is 22.2 Å². The van der Waals surface area contributed by atoms with Gasteiger partial charge in [0.1, 0.15) is 0 Å². The summed E-state index contributed by atoms with van der Waals surface area (Å²) in [6, 6.07) is 10.7. The highest BCUT2D eigenvalue weighted by molar-refractivity contribution is 7.15. The molecule has 0 aliphatic carbocycles. The van der Waals surface area contributed by atoms with Gasteiger partial charge in [0.05, 0.1) is 12.1 Å². The number of carbonyl (C=O) groups excluding carboxylic acids is 1. The van der Waals surface area contributed by atoms with Crippen LogP contribution in [0.25, 0.3) is 4.96 Å². The Morgan fingerprint density at radius 2 is 2.12 bits per heavy atom. The Morgan fingerprint density at radius 3 is 2.88 bits per heavy atom. The average Bonchev–Trinajstić information content (AvgIpc) is 3.17. The summed E-state index contributed by atoms with van der Waals surface area (Å²) in [5.41, 5.74) is 2.18. The normalized spacial score (nSPS) is 18.8. The monoisotopic (exact) mass is 354 g/mol. The number of piperazine rings is 1. The van der Waals surface area contributed by atoms with Gasteiger partial charge in [-0.15, -0.1) is 11.3 Å². The van der Waals surface area contributed by atoms with Gasteiger partial charge in [-0.1, -0.05) is 30.3 Å². The molecule has 0 saturated carbocycles. The number of nitrogens with zero attached hydrogens (tertiary/aromatic N) is 4. The van der Waals surface area contributed by atoms with Crippen LogP contribution in [0.5, 0.6) is 0 Å². The van der Waals surface area contributed by atoms with E-state index in [0.717, 1.165) is 36.8 Å². The Labute approximate surface area is 151 Å². The van der Waals surface area contributed by atoms with Crippen molar-refractivity contribution in [1.82, 2.24) is 19.2 Å². The summed E-state index contributed by atoms with van der Waals surface area (Å²) in [5, 5.41) is 2.00. The standard InChI is InChI=1S/C19H22N4OS/c1-15-12-21(13-16-5-3-2-4-6-16)7-8-23(15)18(24)11-17-14-22-9-10-25-19(22)20-17/h2-6,9-10,14-15H,7-8,11-13H2,1H3. The third kappa shape index (κ3) is 3.60. The van der Waals surface area contributed by atoms with Gasteiger partial charge in [-0.2, -0.15) is 0 Å². The van der Waals surface area contributed by atoms with Gasteiger partial charge < -0.3 is 4.90 Å². The lowest BCUT2D eigenvalue weighted by Gasteiger charge is -2.40. The second-order valence-electron chi connectivity index (χ2n) is 6.66. The molecule has 0 spiro atoms. The first-order valence-electron chi connectivity index (χ1n) is 8.66. The fourth-order valence-corrected chi connectivity index (χ4v) is 4.23. The minimum absolute atomic E-state index is 0.178. The molecule has 1 amide bonds. The maximum Gasteiger partial charge on any atom is 0.228 e. The Balaban J connectivity index is 1.35. The number of carbonyl (C=O) groups is 1. The van der Waals surface area contributed by atoms with Crippen LogP contribution in [0.1, 0.15) is 18.2 Å². The molecule has 1 aromatic carbocycles. The Hall–Kier alpha value is -2.18. The highest BCUT2D eigenvalue weighted by Crippen LogP contribution is 2.16. The summed E-state index contributed by atoms with van der Waals surface area (Å²) in [6.07, 6.45) is 4.32. The molecule has 0 N–H and O–H groups in total. The van der Waals surface area contributed by atoms with Crippen LogP contribution in [0.4, 0.5) is 0 Å². The molecule has 1 aliphatic rings. The lowest BCUT2D eigenvalue weighted by Crippen LogP contribution is -2.54. The van der Waals surface area contributed by atoms with E-state index in [1.807, 2.05) is 33.1 Å². The third-order valence-corrected chi connectivity index (χ3v) is 5.53. The number of amides is 1. The van der Waals surface area contributed by atoms with Crippen LogP contribution in [0, 0.1) is 0 Å². The van der Waals surface area contributed by atoms with E-state index in [0.29, 0.717) is 6.42 Å². The molecular formula is C19H22N4OS. The molecule has 25 heavy (non-hydrogen) atoms. The number of rotatable bonds is 4.